The largest absolute Gasteiger partial charge is 0.324 e. The molecule has 0 atom stereocenters. The number of rotatable bonds is 7. The summed E-state index contributed by atoms with van der Waals surface area (Å²) in [6.07, 6.45) is 1.29. The summed E-state index contributed by atoms with van der Waals surface area (Å²) in [6.45, 7) is 5.44. The summed E-state index contributed by atoms with van der Waals surface area (Å²) in [5.74, 6) is 0. The van der Waals surface area contributed by atoms with Crippen molar-refractivity contribution in [1.29, 1.82) is 0 Å². The number of hydrogen-bond acceptors (Lipinski definition) is 5. The Kier molecular flexibility index (Phi) is 7.43. The monoisotopic (exact) mass is 351 g/mol. The highest BCUT2D eigenvalue weighted by molar-refractivity contribution is 7.89. The molecular weight excluding hydrogens is 330 g/mol. The molecule has 1 rings (SSSR count). The average Bonchev–Trinajstić information content (AvgIpc) is 2.44. The van der Waals surface area contributed by atoms with E-state index in [2.05, 4.69) is 4.72 Å². The second-order valence-electron chi connectivity index (χ2n) is 5.10. The smallest absolute Gasteiger partial charge is 0.269 e. The number of benzene rings is 1. The lowest BCUT2D eigenvalue weighted by atomic mass is 9.95. The van der Waals surface area contributed by atoms with Gasteiger partial charge in [-0.3, -0.25) is 10.1 Å². The van der Waals surface area contributed by atoms with E-state index in [1.54, 1.807) is 0 Å². The predicted molar refractivity (Wildman–Crippen MR) is 87.8 cm³/mol. The van der Waals surface area contributed by atoms with Crippen LogP contribution in [-0.4, -0.2) is 25.4 Å². The van der Waals surface area contributed by atoms with Crippen LogP contribution in [0.5, 0.6) is 0 Å². The van der Waals surface area contributed by atoms with Crippen LogP contribution >= 0.6 is 12.4 Å². The second-order valence-corrected chi connectivity index (χ2v) is 6.84. The summed E-state index contributed by atoms with van der Waals surface area (Å²) in [6, 6.07) is 3.66. The lowest BCUT2D eigenvalue weighted by Crippen LogP contribution is -2.49. The van der Waals surface area contributed by atoms with Gasteiger partial charge in [0.2, 0.25) is 10.0 Å². The molecule has 1 aromatic rings. The van der Waals surface area contributed by atoms with Crippen LogP contribution in [0.15, 0.2) is 23.1 Å². The first kappa shape index (κ1) is 20.8. The van der Waals surface area contributed by atoms with Crippen LogP contribution in [0.2, 0.25) is 0 Å². The normalized spacial score (nSPS) is 11.8. The molecule has 0 amide bonds. The predicted octanol–water partition coefficient (Wildman–Crippen LogP) is 2.12. The summed E-state index contributed by atoms with van der Waals surface area (Å²) >= 11 is 0. The van der Waals surface area contributed by atoms with E-state index in [-0.39, 0.29) is 29.5 Å². The van der Waals surface area contributed by atoms with Gasteiger partial charge in [-0.1, -0.05) is 13.8 Å². The number of hydrogen-bond donors (Lipinski definition) is 2. The van der Waals surface area contributed by atoms with Crippen molar-refractivity contribution in [2.75, 3.05) is 6.54 Å². The maximum atomic E-state index is 12.3. The van der Waals surface area contributed by atoms with Crippen LogP contribution in [0.3, 0.4) is 0 Å². The maximum absolute atomic E-state index is 12.3. The summed E-state index contributed by atoms with van der Waals surface area (Å²) in [5, 5.41) is 10.7. The summed E-state index contributed by atoms with van der Waals surface area (Å²) in [5.41, 5.74) is 5.66. The number of sulfonamides is 1. The molecule has 0 aliphatic carbocycles. The third-order valence-electron chi connectivity index (χ3n) is 3.68. The van der Waals surface area contributed by atoms with Gasteiger partial charge in [-0.05, 0) is 31.4 Å². The van der Waals surface area contributed by atoms with E-state index in [0.29, 0.717) is 18.4 Å². The molecule has 126 valence electrons. The standard InChI is InChI=1S/C13H21N3O4S.ClH/c1-4-13(14,5-2)9-15-21(19,20)12-7-6-11(16(17)18)8-10(12)3;/h6-8,15H,4-5,9,14H2,1-3H3;1H. The van der Waals surface area contributed by atoms with Crippen molar-refractivity contribution in [2.45, 2.75) is 44.0 Å². The van der Waals surface area contributed by atoms with Crippen molar-refractivity contribution in [3.8, 4) is 0 Å². The van der Waals surface area contributed by atoms with Gasteiger partial charge in [-0.25, -0.2) is 13.1 Å². The van der Waals surface area contributed by atoms with Crippen molar-refractivity contribution in [3.05, 3.63) is 33.9 Å². The Balaban J connectivity index is 0.00000441. The zero-order valence-electron chi connectivity index (χ0n) is 12.8. The zero-order valence-corrected chi connectivity index (χ0v) is 14.5. The number of nitrogens with one attached hydrogen (secondary N) is 1. The molecule has 0 aromatic heterocycles. The number of halogens is 1. The lowest BCUT2D eigenvalue weighted by Gasteiger charge is -2.26. The molecule has 0 aliphatic heterocycles. The fraction of sp³-hybridized carbons (Fsp3) is 0.538. The molecule has 0 saturated heterocycles. The van der Waals surface area contributed by atoms with Gasteiger partial charge in [-0.2, -0.15) is 0 Å². The minimum Gasteiger partial charge on any atom is -0.324 e. The van der Waals surface area contributed by atoms with Crippen LogP contribution in [-0.2, 0) is 10.0 Å². The van der Waals surface area contributed by atoms with Gasteiger partial charge < -0.3 is 5.73 Å². The zero-order chi connectivity index (χ0) is 16.3. The molecule has 0 aliphatic rings. The van der Waals surface area contributed by atoms with Gasteiger partial charge in [0.15, 0.2) is 0 Å². The van der Waals surface area contributed by atoms with Gasteiger partial charge in [-0.15, -0.1) is 12.4 Å². The molecule has 3 N–H and O–H groups in total. The van der Waals surface area contributed by atoms with E-state index in [4.69, 9.17) is 5.73 Å². The molecule has 0 fully saturated rings. The number of nitrogens with two attached hydrogens (primary N) is 1. The number of nitro groups is 1. The number of nitrogens with zero attached hydrogens (tertiary/aromatic N) is 1. The third-order valence-corrected chi connectivity index (χ3v) is 5.24. The van der Waals surface area contributed by atoms with Crippen LogP contribution < -0.4 is 10.5 Å². The topological polar surface area (TPSA) is 115 Å². The highest BCUT2D eigenvalue weighted by atomic mass is 35.5. The molecule has 0 bridgehead atoms. The van der Waals surface area contributed by atoms with Crippen molar-refractivity contribution >= 4 is 28.1 Å². The SMILES string of the molecule is CCC(N)(CC)CNS(=O)(=O)c1ccc([N+](=O)[O-])cc1C.Cl. The van der Waals surface area contributed by atoms with E-state index in [0.717, 1.165) is 0 Å². The highest BCUT2D eigenvalue weighted by Gasteiger charge is 2.25. The number of nitro benzene ring substituents is 1. The molecule has 22 heavy (non-hydrogen) atoms. The fourth-order valence-electron chi connectivity index (χ4n) is 1.87. The Labute approximate surface area is 136 Å². The molecule has 0 spiro atoms. The van der Waals surface area contributed by atoms with Crippen molar-refractivity contribution in [1.82, 2.24) is 4.72 Å². The summed E-state index contributed by atoms with van der Waals surface area (Å²) in [4.78, 5) is 10.1. The molecule has 9 heteroatoms. The first-order valence-corrected chi connectivity index (χ1v) is 8.17. The Morgan fingerprint density at radius 1 is 1.32 bits per heavy atom. The van der Waals surface area contributed by atoms with E-state index in [9.17, 15) is 18.5 Å². The summed E-state index contributed by atoms with van der Waals surface area (Å²) in [7, 11) is -3.74. The first-order valence-electron chi connectivity index (χ1n) is 6.69. The van der Waals surface area contributed by atoms with Gasteiger partial charge >= 0.3 is 0 Å². The number of non-ortho nitro benzene ring substituents is 1. The number of aryl methyl sites for hydroxylation is 1. The Morgan fingerprint density at radius 2 is 1.86 bits per heavy atom. The summed E-state index contributed by atoms with van der Waals surface area (Å²) < 4.78 is 27.0. The van der Waals surface area contributed by atoms with Crippen LogP contribution in [0.1, 0.15) is 32.3 Å². The van der Waals surface area contributed by atoms with Crippen molar-refractivity contribution in [3.63, 3.8) is 0 Å². The Hall–Kier alpha value is -1.22. The second kappa shape index (κ2) is 7.87. The maximum Gasteiger partial charge on any atom is 0.269 e. The van der Waals surface area contributed by atoms with Gasteiger partial charge in [0.1, 0.15) is 0 Å². The average molecular weight is 352 g/mol. The van der Waals surface area contributed by atoms with Crippen LogP contribution in [0, 0.1) is 17.0 Å². The van der Waals surface area contributed by atoms with Gasteiger partial charge in [0.25, 0.3) is 5.69 Å². The van der Waals surface area contributed by atoms with Crippen molar-refractivity contribution in [2.24, 2.45) is 5.73 Å². The molecule has 1 aromatic carbocycles. The van der Waals surface area contributed by atoms with E-state index < -0.39 is 20.5 Å². The third kappa shape index (κ3) is 4.91. The molecule has 0 heterocycles. The minimum atomic E-state index is -3.74. The molecule has 0 unspecified atom stereocenters. The molecular formula is C13H22ClN3O4S. The van der Waals surface area contributed by atoms with Crippen LogP contribution in [0.25, 0.3) is 0 Å². The fourth-order valence-corrected chi connectivity index (χ4v) is 3.23. The highest BCUT2D eigenvalue weighted by Crippen LogP contribution is 2.21. The van der Waals surface area contributed by atoms with E-state index in [1.807, 2.05) is 13.8 Å². The Bertz CT molecular complexity index is 630. The van der Waals surface area contributed by atoms with E-state index >= 15 is 0 Å². The Morgan fingerprint density at radius 3 is 2.27 bits per heavy atom. The minimum absolute atomic E-state index is 0. The quantitative estimate of drug-likeness (QED) is 0.576. The van der Waals surface area contributed by atoms with Crippen LogP contribution in [0.4, 0.5) is 5.69 Å². The lowest BCUT2D eigenvalue weighted by molar-refractivity contribution is -0.385. The van der Waals surface area contributed by atoms with Gasteiger partial charge in [0.05, 0.1) is 9.82 Å². The first-order chi connectivity index (χ1) is 9.65. The molecule has 0 saturated carbocycles. The molecule has 7 nitrogen and oxygen atoms in total. The van der Waals surface area contributed by atoms with Gasteiger partial charge in [0, 0.05) is 24.2 Å². The molecule has 0 radical (unpaired) electrons. The van der Waals surface area contributed by atoms with E-state index in [1.165, 1.54) is 25.1 Å². The van der Waals surface area contributed by atoms with Crippen molar-refractivity contribution < 1.29 is 13.3 Å².